The van der Waals surface area contributed by atoms with E-state index in [0.29, 0.717) is 31.6 Å². The van der Waals surface area contributed by atoms with Crippen molar-refractivity contribution in [3.05, 3.63) is 35.1 Å². The van der Waals surface area contributed by atoms with Gasteiger partial charge in [0.1, 0.15) is 10.7 Å². The Morgan fingerprint density at radius 2 is 2.06 bits per heavy atom. The van der Waals surface area contributed by atoms with Gasteiger partial charge in [-0.05, 0) is 45.0 Å². The molecule has 4 heterocycles. The Balaban J connectivity index is 1.41. The van der Waals surface area contributed by atoms with E-state index in [1.165, 1.54) is 11.3 Å². The molecule has 1 aliphatic rings. The maximum atomic E-state index is 12.8. The zero-order valence-corrected chi connectivity index (χ0v) is 18.3. The van der Waals surface area contributed by atoms with E-state index in [1.54, 1.807) is 23.0 Å². The number of hydrogen-bond donors (Lipinski definition) is 0. The first-order valence-electron chi connectivity index (χ1n) is 10.2. The minimum atomic E-state index is -2.34. The second-order valence-electron chi connectivity index (χ2n) is 7.81. The number of carbonyl (C=O) groups excluding carboxylic acids is 1. The van der Waals surface area contributed by atoms with Crippen LogP contribution in [0, 0.1) is 6.92 Å². The van der Waals surface area contributed by atoms with E-state index < -0.39 is 6.43 Å². The van der Waals surface area contributed by atoms with E-state index in [1.807, 2.05) is 25.1 Å². The topological polar surface area (TPSA) is 75.1 Å². The van der Waals surface area contributed by atoms with Crippen LogP contribution in [0.1, 0.15) is 23.5 Å². The van der Waals surface area contributed by atoms with Crippen LogP contribution in [0.25, 0.3) is 21.6 Å². The summed E-state index contributed by atoms with van der Waals surface area (Å²) in [6.07, 6.45) is 0.982. The number of hydrogen-bond acceptors (Lipinski definition) is 7. The predicted molar refractivity (Wildman–Crippen MR) is 115 cm³/mol. The third-order valence-electron chi connectivity index (χ3n) is 5.57. The average molecular weight is 447 g/mol. The normalized spacial score (nSPS) is 15.4. The fourth-order valence-electron chi connectivity index (χ4n) is 3.86. The molecule has 0 saturated carbocycles. The fraction of sp³-hybridized carbons (Fsp3) is 0.476. The molecule has 0 N–H and O–H groups in total. The molecular formula is C21H24F2N6OS. The molecule has 0 aliphatic carbocycles. The molecule has 10 heteroatoms. The monoisotopic (exact) mass is 446 g/mol. The Hall–Kier alpha value is -2.59. The molecule has 0 unspecified atom stereocenters. The second kappa shape index (κ2) is 9.27. The Morgan fingerprint density at radius 1 is 1.29 bits per heavy atom. The molecule has 1 fully saturated rings. The summed E-state index contributed by atoms with van der Waals surface area (Å²) in [5.41, 5.74) is 2.17. The number of amides is 1. The van der Waals surface area contributed by atoms with Crippen molar-refractivity contribution in [2.24, 2.45) is 0 Å². The maximum Gasteiger partial charge on any atom is 0.251 e. The number of rotatable bonds is 6. The van der Waals surface area contributed by atoms with Crippen LogP contribution in [0.2, 0.25) is 0 Å². The van der Waals surface area contributed by atoms with Crippen molar-refractivity contribution in [1.82, 2.24) is 30.0 Å². The van der Waals surface area contributed by atoms with Crippen molar-refractivity contribution in [2.45, 2.75) is 38.7 Å². The van der Waals surface area contributed by atoms with Gasteiger partial charge in [0, 0.05) is 30.7 Å². The highest BCUT2D eigenvalue weighted by molar-refractivity contribution is 7.14. The van der Waals surface area contributed by atoms with Gasteiger partial charge in [0.2, 0.25) is 5.91 Å². The van der Waals surface area contributed by atoms with Crippen LogP contribution in [0.4, 0.5) is 8.78 Å². The quantitative estimate of drug-likeness (QED) is 0.579. The Kier molecular flexibility index (Phi) is 6.47. The van der Waals surface area contributed by atoms with E-state index in [-0.39, 0.29) is 24.9 Å². The summed E-state index contributed by atoms with van der Waals surface area (Å²) >= 11 is 1.48. The van der Waals surface area contributed by atoms with Gasteiger partial charge in [-0.2, -0.15) is 0 Å². The van der Waals surface area contributed by atoms with Gasteiger partial charge in [-0.15, -0.1) is 10.2 Å². The summed E-state index contributed by atoms with van der Waals surface area (Å²) in [5, 5.41) is 10.7. The zero-order valence-electron chi connectivity index (χ0n) is 17.5. The van der Waals surface area contributed by atoms with E-state index in [2.05, 4.69) is 20.2 Å². The summed E-state index contributed by atoms with van der Waals surface area (Å²) in [4.78, 5) is 25.3. The molecule has 3 aromatic heterocycles. The molecule has 0 aromatic carbocycles. The number of aromatic nitrogens is 4. The number of halogens is 2. The summed E-state index contributed by atoms with van der Waals surface area (Å²) < 4.78 is 25.2. The molecule has 1 aliphatic heterocycles. The molecule has 31 heavy (non-hydrogen) atoms. The first-order valence-corrected chi connectivity index (χ1v) is 11.0. The van der Waals surface area contributed by atoms with Gasteiger partial charge in [0.25, 0.3) is 6.43 Å². The molecule has 3 aromatic rings. The minimum absolute atomic E-state index is 0.00212. The molecular weight excluding hydrogens is 422 g/mol. The molecule has 0 spiro atoms. The van der Waals surface area contributed by atoms with Crippen LogP contribution in [0.15, 0.2) is 24.4 Å². The van der Waals surface area contributed by atoms with Gasteiger partial charge in [-0.3, -0.25) is 14.7 Å². The van der Waals surface area contributed by atoms with Crippen LogP contribution in [0.5, 0.6) is 0 Å². The number of pyridine rings is 2. The second-order valence-corrected chi connectivity index (χ2v) is 8.99. The Bertz CT molecular complexity index is 1070. The van der Waals surface area contributed by atoms with Gasteiger partial charge in [0.05, 0.1) is 24.2 Å². The smallest absolute Gasteiger partial charge is 0.251 e. The molecule has 4 rings (SSSR count). The van der Waals surface area contributed by atoms with Gasteiger partial charge < -0.3 is 4.90 Å². The van der Waals surface area contributed by atoms with Crippen LogP contribution in [-0.4, -0.2) is 75.0 Å². The van der Waals surface area contributed by atoms with E-state index in [9.17, 15) is 13.6 Å². The van der Waals surface area contributed by atoms with Crippen LogP contribution in [-0.2, 0) is 11.2 Å². The summed E-state index contributed by atoms with van der Waals surface area (Å²) in [5.74, 6) is -0.00212. The number of fused-ring (bicyclic) bond motifs is 1. The van der Waals surface area contributed by atoms with Crippen molar-refractivity contribution in [3.8, 4) is 10.7 Å². The maximum absolute atomic E-state index is 12.8. The summed E-state index contributed by atoms with van der Waals surface area (Å²) in [6.45, 7) is 2.81. The van der Waals surface area contributed by atoms with E-state index in [4.69, 9.17) is 0 Å². The van der Waals surface area contributed by atoms with Crippen LogP contribution < -0.4 is 0 Å². The highest BCUT2D eigenvalue weighted by Gasteiger charge is 2.26. The van der Waals surface area contributed by atoms with Crippen molar-refractivity contribution in [2.75, 3.05) is 26.7 Å². The first-order chi connectivity index (χ1) is 14.9. The fourth-order valence-corrected chi connectivity index (χ4v) is 4.52. The summed E-state index contributed by atoms with van der Waals surface area (Å²) in [7, 11) is 1.72. The van der Waals surface area contributed by atoms with Gasteiger partial charge in [-0.25, -0.2) is 13.8 Å². The first kappa shape index (κ1) is 21.6. The largest absolute Gasteiger partial charge is 0.342 e. The number of piperidine rings is 1. The lowest BCUT2D eigenvalue weighted by atomic mass is 10.0. The number of carbonyl (C=O) groups is 1. The lowest BCUT2D eigenvalue weighted by Gasteiger charge is -2.36. The Morgan fingerprint density at radius 3 is 2.74 bits per heavy atom. The van der Waals surface area contributed by atoms with E-state index >= 15 is 0 Å². The van der Waals surface area contributed by atoms with Crippen molar-refractivity contribution < 1.29 is 13.6 Å². The molecule has 164 valence electrons. The van der Waals surface area contributed by atoms with Crippen molar-refractivity contribution in [1.29, 1.82) is 0 Å². The SMILES string of the molecule is Cc1nnc(-c2ccc3cnc(CC(=O)N4CCC(N(C)CC(F)F)CC4)cc3n2)s1. The third-order valence-corrected chi connectivity index (χ3v) is 6.44. The van der Waals surface area contributed by atoms with Gasteiger partial charge in [0.15, 0.2) is 5.01 Å². The van der Waals surface area contributed by atoms with Gasteiger partial charge >= 0.3 is 0 Å². The number of alkyl halides is 2. The van der Waals surface area contributed by atoms with Crippen molar-refractivity contribution in [3.63, 3.8) is 0 Å². The lowest BCUT2D eigenvalue weighted by Crippen LogP contribution is -2.47. The van der Waals surface area contributed by atoms with Crippen molar-refractivity contribution >= 4 is 28.1 Å². The number of aryl methyl sites for hydroxylation is 1. The van der Waals surface area contributed by atoms with Gasteiger partial charge in [-0.1, -0.05) is 11.3 Å². The molecule has 0 atom stereocenters. The standard InChI is InChI=1S/C21H24F2N6OS/c1-13-26-27-21(31-13)17-4-3-14-11-24-15(9-18(14)25-17)10-20(30)29-7-5-16(6-8-29)28(2)12-19(22)23/h3-4,9,11,16,19H,5-8,10,12H2,1-2H3. The highest BCUT2D eigenvalue weighted by Crippen LogP contribution is 2.24. The predicted octanol–water partition coefficient (Wildman–Crippen LogP) is 3.19. The number of likely N-dealkylation sites (tertiary alicyclic amines) is 1. The Labute approximate surface area is 183 Å². The van der Waals surface area contributed by atoms with E-state index in [0.717, 1.165) is 26.6 Å². The third kappa shape index (κ3) is 5.19. The zero-order chi connectivity index (χ0) is 22.0. The summed E-state index contributed by atoms with van der Waals surface area (Å²) in [6, 6.07) is 5.76. The molecule has 7 nitrogen and oxygen atoms in total. The molecule has 1 amide bonds. The van der Waals surface area contributed by atoms with Crippen LogP contribution >= 0.6 is 11.3 Å². The number of nitrogens with zero attached hydrogens (tertiary/aromatic N) is 6. The molecule has 0 radical (unpaired) electrons. The highest BCUT2D eigenvalue weighted by atomic mass is 32.1. The van der Waals surface area contributed by atoms with Crippen LogP contribution in [0.3, 0.4) is 0 Å². The molecule has 0 bridgehead atoms. The molecule has 1 saturated heterocycles. The average Bonchev–Trinajstić information content (AvgIpc) is 3.19. The lowest BCUT2D eigenvalue weighted by molar-refractivity contribution is -0.132. The minimum Gasteiger partial charge on any atom is -0.342 e.